The number of carboxylic acid groups (broad SMARTS) is 2. The number of imidazole rings is 1. The lowest BCUT2D eigenvalue weighted by Crippen LogP contribution is -2.58. The molecule has 4 atom stereocenters. The Labute approximate surface area is 207 Å². The van der Waals surface area contributed by atoms with Crippen LogP contribution in [-0.4, -0.2) is 86.0 Å². The Morgan fingerprint density at radius 3 is 2.11 bits per heavy atom. The molecular weight excluding hydrogens is 480 g/mol. The average molecular weight is 515 g/mol. The lowest BCUT2D eigenvalue weighted by molar-refractivity contribution is -0.143. The highest BCUT2D eigenvalue weighted by Crippen LogP contribution is 2.07. The van der Waals surface area contributed by atoms with Crippen molar-refractivity contribution >= 4 is 41.4 Å². The van der Waals surface area contributed by atoms with Crippen molar-refractivity contribution in [1.29, 1.82) is 0 Å². The van der Waals surface area contributed by atoms with E-state index in [1.165, 1.54) is 24.3 Å². The Balaban J connectivity index is 3.05. The molecule has 35 heavy (non-hydrogen) atoms. The molecule has 0 aliphatic rings. The van der Waals surface area contributed by atoms with E-state index >= 15 is 0 Å². The van der Waals surface area contributed by atoms with Gasteiger partial charge in [0.2, 0.25) is 17.7 Å². The standard InChI is InChI=1S/C21H34N6O7S/c1-11(2)17(22)20(32)25-13(6-7-35-3)18(30)27-15(8-12-9-23-10-24-12)19(31)26-14(21(33)34)4-5-16(28)29/h9-11,13-15,17H,4-8,22H2,1-3H3,(H,23,24)(H,25,32)(H,26,31)(H,27,30)(H,28,29)(H,33,34). The van der Waals surface area contributed by atoms with Crippen molar-refractivity contribution in [3.8, 4) is 0 Å². The highest BCUT2D eigenvalue weighted by molar-refractivity contribution is 7.98. The number of aromatic amines is 1. The van der Waals surface area contributed by atoms with Crippen molar-refractivity contribution < 1.29 is 34.2 Å². The second kappa shape index (κ2) is 15.0. The molecule has 0 spiro atoms. The number of thioether (sulfide) groups is 1. The number of aliphatic carboxylic acids is 2. The van der Waals surface area contributed by atoms with Gasteiger partial charge in [0.15, 0.2) is 0 Å². The summed E-state index contributed by atoms with van der Waals surface area (Å²) in [4.78, 5) is 67.5. The van der Waals surface area contributed by atoms with Crippen LogP contribution in [0.5, 0.6) is 0 Å². The molecule has 0 radical (unpaired) electrons. The number of carboxylic acids is 2. The monoisotopic (exact) mass is 514 g/mol. The van der Waals surface area contributed by atoms with E-state index in [0.29, 0.717) is 11.4 Å². The van der Waals surface area contributed by atoms with Gasteiger partial charge in [-0.1, -0.05) is 13.8 Å². The zero-order chi connectivity index (χ0) is 26.5. The summed E-state index contributed by atoms with van der Waals surface area (Å²) >= 11 is 1.47. The molecule has 0 saturated heterocycles. The summed E-state index contributed by atoms with van der Waals surface area (Å²) in [6.45, 7) is 3.55. The van der Waals surface area contributed by atoms with E-state index in [9.17, 15) is 29.1 Å². The molecule has 4 unspecified atom stereocenters. The van der Waals surface area contributed by atoms with Gasteiger partial charge in [-0.15, -0.1) is 0 Å². The smallest absolute Gasteiger partial charge is 0.326 e. The maximum atomic E-state index is 13.1. The molecular formula is C21H34N6O7S. The van der Waals surface area contributed by atoms with Crippen LogP contribution in [0.15, 0.2) is 12.5 Å². The molecule has 13 nitrogen and oxygen atoms in total. The topological polar surface area (TPSA) is 217 Å². The summed E-state index contributed by atoms with van der Waals surface area (Å²) in [5, 5.41) is 25.7. The fourth-order valence-corrected chi connectivity index (χ4v) is 3.44. The predicted octanol–water partition coefficient (Wildman–Crippen LogP) is -0.908. The number of hydrogen-bond donors (Lipinski definition) is 7. The van der Waals surface area contributed by atoms with Crippen molar-refractivity contribution in [2.45, 2.75) is 63.7 Å². The predicted molar refractivity (Wildman–Crippen MR) is 128 cm³/mol. The number of carbonyl (C=O) groups excluding carboxylic acids is 3. The number of aromatic nitrogens is 2. The Bertz CT molecular complexity index is 864. The van der Waals surface area contributed by atoms with Crippen LogP contribution in [0.1, 0.15) is 38.8 Å². The van der Waals surface area contributed by atoms with Crippen LogP contribution in [-0.2, 0) is 30.4 Å². The molecule has 0 bridgehead atoms. The second-order valence-corrected chi connectivity index (χ2v) is 9.27. The maximum absolute atomic E-state index is 13.1. The van der Waals surface area contributed by atoms with Crippen LogP contribution >= 0.6 is 11.8 Å². The van der Waals surface area contributed by atoms with Gasteiger partial charge in [-0.3, -0.25) is 19.2 Å². The Hall–Kier alpha value is -3.13. The summed E-state index contributed by atoms with van der Waals surface area (Å²) < 4.78 is 0. The zero-order valence-electron chi connectivity index (χ0n) is 19.9. The maximum Gasteiger partial charge on any atom is 0.326 e. The van der Waals surface area contributed by atoms with Gasteiger partial charge < -0.3 is 36.9 Å². The molecule has 0 aromatic carbocycles. The van der Waals surface area contributed by atoms with Crippen molar-refractivity contribution in [2.24, 2.45) is 11.7 Å². The number of hydrogen-bond acceptors (Lipinski definition) is 8. The summed E-state index contributed by atoms with van der Waals surface area (Å²) in [6, 6.07) is -4.48. The fourth-order valence-electron chi connectivity index (χ4n) is 2.97. The molecule has 0 aliphatic carbocycles. The summed E-state index contributed by atoms with van der Waals surface area (Å²) in [5.74, 6) is -4.19. The van der Waals surface area contributed by atoms with E-state index in [0.717, 1.165) is 0 Å². The number of amides is 3. The van der Waals surface area contributed by atoms with Crippen molar-refractivity contribution in [3.63, 3.8) is 0 Å². The van der Waals surface area contributed by atoms with E-state index in [-0.39, 0.29) is 25.2 Å². The second-order valence-electron chi connectivity index (χ2n) is 8.29. The minimum atomic E-state index is -1.46. The van der Waals surface area contributed by atoms with Gasteiger partial charge in [-0.2, -0.15) is 11.8 Å². The first kappa shape index (κ1) is 29.9. The summed E-state index contributed by atoms with van der Waals surface area (Å²) in [6.07, 6.45) is 4.10. The minimum absolute atomic E-state index is 0.0441. The number of H-pyrrole nitrogens is 1. The summed E-state index contributed by atoms with van der Waals surface area (Å²) in [5.41, 5.74) is 6.38. The van der Waals surface area contributed by atoms with E-state index in [2.05, 4.69) is 25.9 Å². The molecule has 8 N–H and O–H groups in total. The van der Waals surface area contributed by atoms with Crippen LogP contribution in [0.3, 0.4) is 0 Å². The van der Waals surface area contributed by atoms with Crippen molar-refractivity contribution in [2.75, 3.05) is 12.0 Å². The molecule has 0 saturated carbocycles. The zero-order valence-corrected chi connectivity index (χ0v) is 20.8. The van der Waals surface area contributed by atoms with Crippen LogP contribution in [0.25, 0.3) is 0 Å². The number of nitrogens with two attached hydrogens (primary N) is 1. The average Bonchev–Trinajstić information content (AvgIpc) is 3.30. The highest BCUT2D eigenvalue weighted by Gasteiger charge is 2.31. The van der Waals surface area contributed by atoms with Crippen molar-refractivity contribution in [1.82, 2.24) is 25.9 Å². The normalized spacial score (nSPS) is 14.4. The van der Waals surface area contributed by atoms with Crippen LogP contribution < -0.4 is 21.7 Å². The van der Waals surface area contributed by atoms with Gasteiger partial charge in [-0.25, -0.2) is 9.78 Å². The fraction of sp³-hybridized carbons (Fsp3) is 0.619. The van der Waals surface area contributed by atoms with E-state index in [4.69, 9.17) is 10.8 Å². The SMILES string of the molecule is CSCCC(NC(=O)C(N)C(C)C)C(=O)NC(Cc1cnc[nH]1)C(=O)NC(CCC(=O)O)C(=O)O. The van der Waals surface area contributed by atoms with Gasteiger partial charge in [0.1, 0.15) is 18.1 Å². The van der Waals surface area contributed by atoms with Gasteiger partial charge in [0.25, 0.3) is 0 Å². The highest BCUT2D eigenvalue weighted by atomic mass is 32.2. The molecule has 1 aromatic rings. The molecule has 1 aromatic heterocycles. The van der Waals surface area contributed by atoms with Crippen LogP contribution in [0.4, 0.5) is 0 Å². The number of nitrogens with zero attached hydrogens (tertiary/aromatic N) is 1. The third-order valence-electron chi connectivity index (χ3n) is 5.14. The Morgan fingerprint density at radius 1 is 1.00 bits per heavy atom. The number of carbonyl (C=O) groups is 5. The van der Waals surface area contributed by atoms with Gasteiger partial charge in [0.05, 0.1) is 12.4 Å². The van der Waals surface area contributed by atoms with E-state index in [1.807, 2.05) is 6.26 Å². The first-order chi connectivity index (χ1) is 16.5. The third kappa shape index (κ3) is 10.8. The quantitative estimate of drug-likeness (QED) is 0.144. The number of nitrogens with one attached hydrogen (secondary N) is 4. The summed E-state index contributed by atoms with van der Waals surface area (Å²) in [7, 11) is 0. The Kier molecular flexibility index (Phi) is 12.8. The molecule has 1 rings (SSSR count). The largest absolute Gasteiger partial charge is 0.481 e. The van der Waals surface area contributed by atoms with Gasteiger partial charge in [0, 0.05) is 24.7 Å². The molecule has 196 valence electrons. The van der Waals surface area contributed by atoms with Crippen LogP contribution in [0.2, 0.25) is 0 Å². The minimum Gasteiger partial charge on any atom is -0.481 e. The molecule has 0 fully saturated rings. The van der Waals surface area contributed by atoms with Crippen molar-refractivity contribution in [3.05, 3.63) is 18.2 Å². The molecule has 1 heterocycles. The molecule has 14 heteroatoms. The number of rotatable bonds is 16. The van der Waals surface area contributed by atoms with Gasteiger partial charge in [-0.05, 0) is 30.8 Å². The van der Waals surface area contributed by atoms with E-state index in [1.54, 1.807) is 13.8 Å². The van der Waals surface area contributed by atoms with Crippen LogP contribution in [0, 0.1) is 5.92 Å². The first-order valence-electron chi connectivity index (χ1n) is 11.0. The lowest BCUT2D eigenvalue weighted by Gasteiger charge is -2.25. The molecule has 0 aliphatic heterocycles. The third-order valence-corrected chi connectivity index (χ3v) is 5.78. The Morgan fingerprint density at radius 2 is 1.60 bits per heavy atom. The first-order valence-corrected chi connectivity index (χ1v) is 12.4. The molecule has 3 amide bonds. The lowest BCUT2D eigenvalue weighted by atomic mass is 10.0. The van der Waals surface area contributed by atoms with Gasteiger partial charge >= 0.3 is 11.9 Å². The van der Waals surface area contributed by atoms with E-state index < -0.39 is 60.2 Å².